The van der Waals surface area contributed by atoms with E-state index in [4.69, 9.17) is 10.3 Å². The zero-order chi connectivity index (χ0) is 16.2. The van der Waals surface area contributed by atoms with Crippen LogP contribution in [0.1, 0.15) is 25.2 Å². The summed E-state index contributed by atoms with van der Waals surface area (Å²) in [4.78, 5) is 18.1. The molecule has 0 radical (unpaired) electrons. The molecule has 2 heterocycles. The number of hydrogen-bond donors (Lipinski definition) is 1. The highest BCUT2D eigenvalue weighted by Gasteiger charge is 2.23. The van der Waals surface area contributed by atoms with Crippen LogP contribution >= 0.6 is 0 Å². The van der Waals surface area contributed by atoms with Crippen LogP contribution in [0.2, 0.25) is 0 Å². The first kappa shape index (κ1) is 15.6. The van der Waals surface area contributed by atoms with E-state index in [1.807, 2.05) is 4.90 Å². The van der Waals surface area contributed by atoms with Crippen LogP contribution in [0.4, 0.5) is 4.39 Å². The maximum absolute atomic E-state index is 12.9. The average Bonchev–Trinajstić information content (AvgIpc) is 3.17. The summed E-state index contributed by atoms with van der Waals surface area (Å²) < 4.78 is 18.1. The molecule has 1 aromatic carbocycles. The van der Waals surface area contributed by atoms with Gasteiger partial charge in [0, 0.05) is 37.5 Å². The molecule has 0 spiro atoms. The predicted molar refractivity (Wildman–Crippen MR) is 81.8 cm³/mol. The van der Waals surface area contributed by atoms with Crippen molar-refractivity contribution in [3.63, 3.8) is 0 Å². The van der Waals surface area contributed by atoms with E-state index in [0.29, 0.717) is 43.1 Å². The molecule has 3 rings (SSSR count). The van der Waals surface area contributed by atoms with Crippen molar-refractivity contribution in [3.8, 4) is 11.4 Å². The Bertz CT molecular complexity index is 671. The molecule has 1 aliphatic rings. The Morgan fingerprint density at radius 1 is 1.39 bits per heavy atom. The van der Waals surface area contributed by atoms with Crippen LogP contribution in [-0.4, -0.2) is 40.1 Å². The van der Waals surface area contributed by atoms with Gasteiger partial charge in [0.25, 0.3) is 0 Å². The van der Waals surface area contributed by atoms with Crippen molar-refractivity contribution < 1.29 is 13.7 Å². The van der Waals surface area contributed by atoms with E-state index < -0.39 is 0 Å². The van der Waals surface area contributed by atoms with Gasteiger partial charge in [0.05, 0.1) is 0 Å². The van der Waals surface area contributed by atoms with Gasteiger partial charge in [0.1, 0.15) is 5.82 Å². The second-order valence-corrected chi connectivity index (χ2v) is 5.76. The first-order valence-corrected chi connectivity index (χ1v) is 7.73. The standard InChI is InChI=1S/C16H19FN4O2/c17-12-6-4-11(5-7-12)16-19-14(23-20-16)2-1-3-15(22)21-9-8-13(18)10-21/h4-7,13H,1-3,8-10,18H2. The Hall–Kier alpha value is -2.28. The molecule has 1 amide bonds. The van der Waals surface area contributed by atoms with Crippen LogP contribution in [0.25, 0.3) is 11.4 Å². The summed E-state index contributed by atoms with van der Waals surface area (Å²) in [7, 11) is 0. The van der Waals surface area contributed by atoms with E-state index in [1.165, 1.54) is 12.1 Å². The van der Waals surface area contributed by atoms with Gasteiger partial charge in [-0.2, -0.15) is 4.98 Å². The summed E-state index contributed by atoms with van der Waals surface area (Å²) in [5, 5.41) is 3.88. The smallest absolute Gasteiger partial charge is 0.226 e. The van der Waals surface area contributed by atoms with Gasteiger partial charge in [0.2, 0.25) is 17.6 Å². The fourth-order valence-corrected chi connectivity index (χ4v) is 2.64. The molecule has 1 atom stereocenters. The summed E-state index contributed by atoms with van der Waals surface area (Å²) >= 11 is 0. The minimum Gasteiger partial charge on any atom is -0.341 e. The number of aryl methyl sites for hydroxylation is 1. The molecular formula is C16H19FN4O2. The largest absolute Gasteiger partial charge is 0.341 e. The summed E-state index contributed by atoms with van der Waals surface area (Å²) in [5.74, 6) is 0.723. The Morgan fingerprint density at radius 2 is 2.17 bits per heavy atom. The topological polar surface area (TPSA) is 85.2 Å². The van der Waals surface area contributed by atoms with Gasteiger partial charge in [0.15, 0.2) is 0 Å². The Morgan fingerprint density at radius 3 is 2.87 bits per heavy atom. The molecule has 1 aliphatic heterocycles. The minimum absolute atomic E-state index is 0.105. The van der Waals surface area contributed by atoms with Gasteiger partial charge >= 0.3 is 0 Å². The quantitative estimate of drug-likeness (QED) is 0.908. The molecule has 6 nitrogen and oxygen atoms in total. The number of nitrogens with zero attached hydrogens (tertiary/aromatic N) is 3. The monoisotopic (exact) mass is 318 g/mol. The number of benzene rings is 1. The number of halogens is 1. The lowest BCUT2D eigenvalue weighted by Crippen LogP contribution is -2.31. The van der Waals surface area contributed by atoms with Crippen molar-refractivity contribution in [3.05, 3.63) is 36.0 Å². The van der Waals surface area contributed by atoms with E-state index >= 15 is 0 Å². The van der Waals surface area contributed by atoms with E-state index in [9.17, 15) is 9.18 Å². The molecule has 23 heavy (non-hydrogen) atoms. The summed E-state index contributed by atoms with van der Waals surface area (Å²) in [5.41, 5.74) is 6.50. The first-order valence-electron chi connectivity index (χ1n) is 7.73. The van der Waals surface area contributed by atoms with Crippen molar-refractivity contribution in [1.82, 2.24) is 15.0 Å². The molecular weight excluding hydrogens is 299 g/mol. The lowest BCUT2D eigenvalue weighted by molar-refractivity contribution is -0.130. The SMILES string of the molecule is NC1CCN(C(=O)CCCc2nc(-c3ccc(F)cc3)no2)C1. The third kappa shape index (κ3) is 3.92. The highest BCUT2D eigenvalue weighted by atomic mass is 19.1. The van der Waals surface area contributed by atoms with Crippen molar-refractivity contribution >= 4 is 5.91 Å². The lowest BCUT2D eigenvalue weighted by atomic mass is 10.2. The molecule has 1 unspecified atom stereocenters. The zero-order valence-corrected chi connectivity index (χ0v) is 12.7. The number of aromatic nitrogens is 2. The number of carbonyl (C=O) groups excluding carboxylic acids is 1. The molecule has 122 valence electrons. The molecule has 1 saturated heterocycles. The van der Waals surface area contributed by atoms with E-state index in [1.54, 1.807) is 12.1 Å². The van der Waals surface area contributed by atoms with Gasteiger partial charge < -0.3 is 15.2 Å². The van der Waals surface area contributed by atoms with Gasteiger partial charge in [-0.3, -0.25) is 4.79 Å². The van der Waals surface area contributed by atoms with Crippen molar-refractivity contribution in [1.29, 1.82) is 0 Å². The molecule has 1 aromatic heterocycles. The number of likely N-dealkylation sites (tertiary alicyclic amines) is 1. The van der Waals surface area contributed by atoms with E-state index in [2.05, 4.69) is 10.1 Å². The van der Waals surface area contributed by atoms with Crippen LogP contribution in [-0.2, 0) is 11.2 Å². The second kappa shape index (κ2) is 6.87. The Labute approximate surface area is 133 Å². The molecule has 2 N–H and O–H groups in total. The maximum Gasteiger partial charge on any atom is 0.226 e. The second-order valence-electron chi connectivity index (χ2n) is 5.76. The van der Waals surface area contributed by atoms with Gasteiger partial charge in [-0.15, -0.1) is 0 Å². The fourth-order valence-electron chi connectivity index (χ4n) is 2.64. The highest BCUT2D eigenvalue weighted by molar-refractivity contribution is 5.76. The van der Waals surface area contributed by atoms with E-state index in [-0.39, 0.29) is 17.8 Å². The highest BCUT2D eigenvalue weighted by Crippen LogP contribution is 2.17. The van der Waals surface area contributed by atoms with E-state index in [0.717, 1.165) is 13.0 Å². The van der Waals surface area contributed by atoms with Gasteiger partial charge in [-0.25, -0.2) is 4.39 Å². The molecule has 2 aromatic rings. The number of rotatable bonds is 5. The number of amides is 1. The summed E-state index contributed by atoms with van der Waals surface area (Å²) in [6, 6.07) is 6.01. The Balaban J connectivity index is 1.49. The Kier molecular flexibility index (Phi) is 4.66. The summed E-state index contributed by atoms with van der Waals surface area (Å²) in [6.45, 7) is 1.39. The molecule has 0 aliphatic carbocycles. The zero-order valence-electron chi connectivity index (χ0n) is 12.7. The third-order valence-electron chi connectivity index (χ3n) is 3.93. The third-order valence-corrected chi connectivity index (χ3v) is 3.93. The van der Waals surface area contributed by atoms with Crippen LogP contribution in [0.3, 0.4) is 0 Å². The number of nitrogens with two attached hydrogens (primary N) is 1. The molecule has 0 saturated carbocycles. The van der Waals surface area contributed by atoms with Crippen LogP contribution in [0, 0.1) is 5.82 Å². The van der Waals surface area contributed by atoms with Crippen LogP contribution in [0.15, 0.2) is 28.8 Å². The van der Waals surface area contributed by atoms with Crippen molar-refractivity contribution in [2.75, 3.05) is 13.1 Å². The van der Waals surface area contributed by atoms with Crippen molar-refractivity contribution in [2.24, 2.45) is 5.73 Å². The van der Waals surface area contributed by atoms with Crippen LogP contribution < -0.4 is 5.73 Å². The average molecular weight is 318 g/mol. The van der Waals surface area contributed by atoms with Crippen molar-refractivity contribution in [2.45, 2.75) is 31.7 Å². The van der Waals surface area contributed by atoms with Crippen LogP contribution in [0.5, 0.6) is 0 Å². The van der Waals surface area contributed by atoms with Gasteiger partial charge in [-0.05, 0) is 37.1 Å². The normalized spacial score (nSPS) is 17.7. The fraction of sp³-hybridized carbons (Fsp3) is 0.438. The predicted octanol–water partition coefficient (Wildman–Crippen LogP) is 1.76. The maximum atomic E-state index is 12.9. The number of hydrogen-bond acceptors (Lipinski definition) is 5. The lowest BCUT2D eigenvalue weighted by Gasteiger charge is -2.15. The van der Waals surface area contributed by atoms with Gasteiger partial charge in [-0.1, -0.05) is 5.16 Å². The first-order chi connectivity index (χ1) is 11.1. The molecule has 1 fully saturated rings. The number of carbonyl (C=O) groups is 1. The molecule has 7 heteroatoms. The summed E-state index contributed by atoms with van der Waals surface area (Å²) in [6.07, 6.45) is 2.51. The molecule has 0 bridgehead atoms. The minimum atomic E-state index is -0.308.